The van der Waals surface area contributed by atoms with E-state index < -0.39 is 18.3 Å². The molecule has 0 spiro atoms. The highest BCUT2D eigenvalue weighted by Gasteiger charge is 2.36. The highest BCUT2D eigenvalue weighted by Crippen LogP contribution is 2.37. The molecule has 0 aliphatic carbocycles. The molecule has 3 fully saturated rings. The highest BCUT2D eigenvalue weighted by molar-refractivity contribution is 6.02. The second kappa shape index (κ2) is 34.4. The molecule has 3 unspecified atom stereocenters. The van der Waals surface area contributed by atoms with Crippen LogP contribution in [0.15, 0.2) is 255 Å². The van der Waals surface area contributed by atoms with E-state index in [4.69, 9.17) is 49.1 Å². The molecule has 3 aromatic heterocycles. The van der Waals surface area contributed by atoms with Gasteiger partial charge in [-0.3, -0.25) is 9.59 Å². The van der Waals surface area contributed by atoms with Crippen LogP contribution in [0.5, 0.6) is 17.6 Å². The third-order valence-corrected chi connectivity index (χ3v) is 16.6. The Kier molecular flexibility index (Phi) is 23.6. The van der Waals surface area contributed by atoms with Gasteiger partial charge in [-0.25, -0.2) is 34.3 Å². The molecule has 3 saturated heterocycles. The Morgan fingerprint density at radius 3 is 1.46 bits per heavy atom. The minimum absolute atomic E-state index is 0.0467. The van der Waals surface area contributed by atoms with Crippen LogP contribution in [0.1, 0.15) is 37.7 Å². The number of ether oxygens (including phenoxy) is 5. The smallest absolute Gasteiger partial charge is 0.347 e. The van der Waals surface area contributed by atoms with Gasteiger partial charge in [-0.15, -0.1) is 0 Å². The van der Waals surface area contributed by atoms with E-state index in [1.54, 1.807) is 35.2 Å². The van der Waals surface area contributed by atoms with Crippen molar-refractivity contribution in [3.05, 3.63) is 295 Å². The number of aliphatic hydroxyl groups is 1. The molecular formula is C83H70N8O9. The number of esters is 1. The van der Waals surface area contributed by atoms with Crippen LogP contribution < -0.4 is 24.8 Å². The summed E-state index contributed by atoms with van der Waals surface area (Å²) >= 11 is 0. The number of carbonyl (C=O) groups is 3. The molecular weight excluding hydrogens is 1250 g/mol. The number of amides is 1. The Balaban J connectivity index is 0.000000137. The van der Waals surface area contributed by atoms with E-state index in [2.05, 4.69) is 29.5 Å². The zero-order chi connectivity index (χ0) is 69.4. The molecule has 0 bridgehead atoms. The number of para-hydroxylation sites is 3. The van der Waals surface area contributed by atoms with Crippen LogP contribution in [0, 0.1) is 19.7 Å². The number of benzene rings is 9. The van der Waals surface area contributed by atoms with Crippen molar-refractivity contribution in [2.75, 3.05) is 43.6 Å². The Morgan fingerprint density at radius 2 is 0.970 bits per heavy atom. The topological polar surface area (TPSA) is 199 Å². The Labute approximate surface area is 580 Å². The lowest BCUT2D eigenvalue weighted by molar-refractivity contribution is -0.143. The molecule has 6 heterocycles. The summed E-state index contributed by atoms with van der Waals surface area (Å²) in [6, 6.07) is 80.6. The van der Waals surface area contributed by atoms with E-state index in [-0.39, 0.29) is 37.1 Å². The summed E-state index contributed by atoms with van der Waals surface area (Å²) in [5.74, 6) is 0.579. The van der Waals surface area contributed by atoms with Gasteiger partial charge in [0.05, 0.1) is 42.9 Å². The van der Waals surface area contributed by atoms with Crippen molar-refractivity contribution in [1.29, 1.82) is 0 Å². The normalized spacial score (nSPS) is 14.5. The monoisotopic (exact) mass is 1320 g/mol. The molecule has 12 aromatic rings. The van der Waals surface area contributed by atoms with Crippen LogP contribution in [-0.4, -0.2) is 89.0 Å². The first kappa shape index (κ1) is 68.8. The van der Waals surface area contributed by atoms with E-state index in [1.165, 1.54) is 12.8 Å². The van der Waals surface area contributed by atoms with Crippen molar-refractivity contribution >= 4 is 78.8 Å². The maximum absolute atomic E-state index is 13.1. The molecule has 0 radical (unpaired) electrons. The number of hydrogen-bond donors (Lipinski definition) is 2. The van der Waals surface area contributed by atoms with Crippen LogP contribution in [0.25, 0.3) is 80.6 Å². The summed E-state index contributed by atoms with van der Waals surface area (Å²) in [5, 5.41) is 12.5. The predicted molar refractivity (Wildman–Crippen MR) is 390 cm³/mol. The average Bonchev–Trinajstić information content (AvgIpc) is 1.64. The first-order valence-corrected chi connectivity index (χ1v) is 32.8. The molecule has 496 valence electrons. The molecule has 3 aliphatic rings. The summed E-state index contributed by atoms with van der Waals surface area (Å²) in [4.78, 5) is 63.0. The third-order valence-electron chi connectivity index (χ3n) is 16.6. The standard InChI is InChI=1S/C27H22N2O3.C26H19N3O2.C13H10N2.C13H11NO3.C4H8O/c1-28-24-17-21(19-7-3-2-4-8-19)11-12-22(24)18-25(31)26(15-16-30)32-27-14-13-20-9-5-6-10-23(20)29-27;1-27-22-17-20(18-7-3-2-4-8-18)11-13-23(22)29-16-15-24(26(29)30)31-25-14-12-19-9-5-6-10-21(19)28-25;1-15-13-9-11(7-8-12(13)14)10-5-3-2-4-6-10;15-13-11(7-8-16-13)17-12-6-5-9-3-1-2-4-10(9)14-12;1-2-4-5-3-1/h2-14,17,26,30H,15-16,18H2;2-14,17,24H,15-16H2;2-9H,14H2;1-6,11H,7-8H2;1-4H2. The number of fused-ring (bicyclic) bond motifs is 3. The lowest BCUT2D eigenvalue weighted by atomic mass is 9.98. The lowest BCUT2D eigenvalue weighted by Crippen LogP contribution is -2.32. The molecule has 0 saturated carbocycles. The van der Waals surface area contributed by atoms with Gasteiger partial charge in [0.15, 0.2) is 23.7 Å². The molecule has 3 aliphatic heterocycles. The lowest BCUT2D eigenvalue weighted by Gasteiger charge is -2.19. The second-order valence-corrected chi connectivity index (χ2v) is 23.3. The van der Waals surface area contributed by atoms with Crippen molar-refractivity contribution in [3.8, 4) is 51.0 Å². The number of cyclic esters (lactones) is 1. The number of nitrogen functional groups attached to an aromatic ring is 1. The van der Waals surface area contributed by atoms with Gasteiger partial charge in [0.2, 0.25) is 35.1 Å². The van der Waals surface area contributed by atoms with Gasteiger partial charge in [0.1, 0.15) is 0 Å². The number of Topliss-reactive ketones (excluding diaryl/α,β-unsaturated/α-hetero) is 1. The zero-order valence-electron chi connectivity index (χ0n) is 54.7. The summed E-state index contributed by atoms with van der Waals surface area (Å²) in [5.41, 5.74) is 17.4. The summed E-state index contributed by atoms with van der Waals surface area (Å²) in [6.07, 6.45) is 1.93. The van der Waals surface area contributed by atoms with E-state index >= 15 is 0 Å². The molecule has 100 heavy (non-hydrogen) atoms. The molecule has 17 heteroatoms. The summed E-state index contributed by atoms with van der Waals surface area (Å²) in [7, 11) is 0. The fourth-order valence-electron chi connectivity index (χ4n) is 11.3. The predicted octanol–water partition coefficient (Wildman–Crippen LogP) is 17.2. The number of carbonyl (C=O) groups excluding carboxylic acids is 3. The number of aliphatic hydroxyl groups excluding tert-OH is 1. The van der Waals surface area contributed by atoms with Gasteiger partial charge in [-0.1, -0.05) is 170 Å². The first-order chi connectivity index (χ1) is 49.0. The number of hydrogen-bond acceptors (Lipinski definition) is 13. The number of pyridine rings is 3. The van der Waals surface area contributed by atoms with Crippen LogP contribution in [-0.2, 0) is 30.3 Å². The maximum Gasteiger partial charge on any atom is 0.347 e. The van der Waals surface area contributed by atoms with Gasteiger partial charge in [-0.2, -0.15) is 0 Å². The quantitative estimate of drug-likeness (QED) is 0.0559. The Bertz CT molecular complexity index is 4930. The van der Waals surface area contributed by atoms with Crippen LogP contribution >= 0.6 is 0 Å². The number of nitrogens with two attached hydrogens (primary N) is 1. The van der Waals surface area contributed by atoms with Crippen molar-refractivity contribution in [1.82, 2.24) is 15.0 Å². The van der Waals surface area contributed by atoms with Crippen molar-refractivity contribution in [3.63, 3.8) is 0 Å². The Hall–Kier alpha value is -12.6. The molecule has 9 aromatic carbocycles. The van der Waals surface area contributed by atoms with Gasteiger partial charge in [-0.05, 0) is 119 Å². The molecule has 1 amide bonds. The van der Waals surface area contributed by atoms with Gasteiger partial charge >= 0.3 is 5.97 Å². The Morgan fingerprint density at radius 1 is 0.510 bits per heavy atom. The van der Waals surface area contributed by atoms with Gasteiger partial charge in [0, 0.05) is 97.8 Å². The minimum atomic E-state index is -0.846. The SMILES string of the molecule is C1CCOC1.O=C1OCCC1Oc1ccc2ccccc2n1.[C-]#[N+]c1cc(-c2ccccc2)ccc1CC(=O)C(CCO)Oc1ccc2ccccc2n1.[C-]#[N+]c1cc(-c2ccccc2)ccc1N.[C-]#[N+]c1cc(-c2ccccc2)ccc1N1CCC(Oc2ccc3ccccc3n2)C1=O. The van der Waals surface area contributed by atoms with Crippen LogP contribution in [0.3, 0.4) is 0 Å². The summed E-state index contributed by atoms with van der Waals surface area (Å²) < 4.78 is 27.1. The summed E-state index contributed by atoms with van der Waals surface area (Å²) in [6.45, 7) is 24.9. The highest BCUT2D eigenvalue weighted by atomic mass is 16.6. The molecule has 3 atom stereocenters. The van der Waals surface area contributed by atoms with Crippen molar-refractivity contribution in [2.45, 2.75) is 56.8 Å². The fraction of sp³-hybridized carbons (Fsp3) is 0.169. The maximum atomic E-state index is 13.1. The molecule has 17 nitrogen and oxygen atoms in total. The molecule has 15 rings (SSSR count). The zero-order valence-corrected chi connectivity index (χ0v) is 54.7. The molecule has 3 N–H and O–H groups in total. The average molecular weight is 1320 g/mol. The van der Waals surface area contributed by atoms with E-state index in [0.717, 1.165) is 79.3 Å². The van der Waals surface area contributed by atoms with E-state index in [1.807, 2.05) is 224 Å². The van der Waals surface area contributed by atoms with Crippen molar-refractivity contribution < 1.29 is 43.2 Å². The van der Waals surface area contributed by atoms with Crippen LogP contribution in [0.4, 0.5) is 28.4 Å². The number of aromatic nitrogens is 3. The number of ketones is 1. The van der Waals surface area contributed by atoms with E-state index in [9.17, 15) is 19.5 Å². The number of rotatable bonds is 15. The van der Waals surface area contributed by atoms with Gasteiger partial charge in [0.25, 0.3) is 5.91 Å². The minimum Gasteiger partial charge on any atom is -0.466 e. The number of anilines is 2. The second-order valence-electron chi connectivity index (χ2n) is 23.3. The third kappa shape index (κ3) is 18.1. The van der Waals surface area contributed by atoms with E-state index in [0.29, 0.717) is 77.6 Å². The van der Waals surface area contributed by atoms with Crippen LogP contribution in [0.2, 0.25) is 0 Å². The van der Waals surface area contributed by atoms with Crippen molar-refractivity contribution in [2.24, 2.45) is 0 Å². The largest absolute Gasteiger partial charge is 0.466 e. The first-order valence-electron chi connectivity index (χ1n) is 32.8. The number of nitrogens with zero attached hydrogens (tertiary/aromatic N) is 7. The fourth-order valence-corrected chi connectivity index (χ4v) is 11.3. The van der Waals surface area contributed by atoms with Gasteiger partial charge < -0.3 is 39.4 Å².